The second kappa shape index (κ2) is 8.32. The van der Waals surface area contributed by atoms with Crippen LogP contribution in [0.1, 0.15) is 32.1 Å². The molecule has 11 heteroatoms. The molecule has 2 aromatic heterocycles. The smallest absolute Gasteiger partial charge is 0.503 e. The molecule has 1 atom stereocenters. The summed E-state index contributed by atoms with van der Waals surface area (Å²) in [4.78, 5) is 36.3. The van der Waals surface area contributed by atoms with Crippen molar-refractivity contribution in [2.75, 3.05) is 4.90 Å². The molecule has 1 unspecified atom stereocenters. The fourth-order valence-corrected chi connectivity index (χ4v) is 4.47. The number of carbonyl (C=O) groups is 2. The number of halogens is 3. The number of ketones is 1. The molecule has 1 aromatic carbocycles. The van der Waals surface area contributed by atoms with Crippen LogP contribution < -0.4 is 9.64 Å². The number of hydrogen-bond acceptors (Lipinski definition) is 7. The summed E-state index contributed by atoms with van der Waals surface area (Å²) in [6, 6.07) is 8.35. The molecule has 1 aliphatic rings. The van der Waals surface area contributed by atoms with Crippen molar-refractivity contribution in [3.63, 3.8) is 0 Å². The molecule has 7 nitrogen and oxygen atoms in total. The first-order valence-electron chi connectivity index (χ1n) is 9.59. The van der Waals surface area contributed by atoms with Crippen LogP contribution in [0, 0.1) is 13.8 Å². The van der Waals surface area contributed by atoms with E-state index in [2.05, 4.69) is 14.7 Å². The van der Waals surface area contributed by atoms with Gasteiger partial charge in [-0.1, -0.05) is 6.07 Å². The van der Waals surface area contributed by atoms with Gasteiger partial charge in [-0.25, -0.2) is 4.98 Å². The van der Waals surface area contributed by atoms with E-state index in [1.807, 2.05) is 0 Å². The third-order valence-electron chi connectivity index (χ3n) is 4.88. The molecule has 0 saturated heterocycles. The van der Waals surface area contributed by atoms with Crippen molar-refractivity contribution < 1.29 is 32.6 Å². The van der Waals surface area contributed by atoms with Crippen LogP contribution >= 0.6 is 11.3 Å². The quantitative estimate of drug-likeness (QED) is 0.531. The molecule has 1 N–H and O–H groups in total. The number of thiazole rings is 1. The van der Waals surface area contributed by atoms with E-state index in [1.54, 1.807) is 32.0 Å². The lowest BCUT2D eigenvalue weighted by Crippen LogP contribution is -2.31. The molecule has 3 heterocycles. The van der Waals surface area contributed by atoms with E-state index in [4.69, 9.17) is 0 Å². The number of anilines is 1. The lowest BCUT2D eigenvalue weighted by molar-refractivity contribution is -0.274. The minimum atomic E-state index is -4.87. The fraction of sp³-hybridized carbons (Fsp3) is 0.182. The highest BCUT2D eigenvalue weighted by molar-refractivity contribution is 7.14. The Morgan fingerprint density at radius 1 is 1.15 bits per heavy atom. The van der Waals surface area contributed by atoms with Gasteiger partial charge in [-0.15, -0.1) is 24.5 Å². The van der Waals surface area contributed by atoms with E-state index in [0.29, 0.717) is 16.4 Å². The summed E-state index contributed by atoms with van der Waals surface area (Å²) in [5.74, 6) is -2.68. The minimum absolute atomic E-state index is 0.150. The van der Waals surface area contributed by atoms with Crippen LogP contribution in [0.2, 0.25) is 0 Å². The number of Topliss-reactive ketones (excluding diaryl/α,β-unsaturated/α-hetero) is 1. The molecule has 33 heavy (non-hydrogen) atoms. The normalized spacial score (nSPS) is 16.5. The molecular weight excluding hydrogens is 459 g/mol. The van der Waals surface area contributed by atoms with Crippen molar-refractivity contribution in [3.8, 4) is 5.75 Å². The average molecular weight is 475 g/mol. The fourth-order valence-electron chi connectivity index (χ4n) is 3.59. The van der Waals surface area contributed by atoms with Gasteiger partial charge in [-0.05, 0) is 50.2 Å². The standard InChI is InChI=1S/C22H16F3N3O4S/c1-11-20(33-12(2)27-11)18(29)16-17(15-5-3-4-10-26-15)28(21(31)19(16)30)13-6-8-14(9-7-13)32-22(23,24)25/h3-10,17,30H,1-2H3. The molecule has 0 saturated carbocycles. The number of carbonyl (C=O) groups excluding carboxylic acids is 2. The number of rotatable bonds is 5. The predicted octanol–water partition coefficient (Wildman–Crippen LogP) is 4.84. The number of aromatic nitrogens is 2. The molecule has 1 amide bonds. The van der Waals surface area contributed by atoms with Gasteiger partial charge in [0.1, 0.15) is 11.8 Å². The second-order valence-electron chi connectivity index (χ2n) is 7.11. The molecule has 0 radical (unpaired) electrons. The summed E-state index contributed by atoms with van der Waals surface area (Å²) in [7, 11) is 0. The monoisotopic (exact) mass is 475 g/mol. The van der Waals surface area contributed by atoms with Gasteiger partial charge >= 0.3 is 6.36 Å². The van der Waals surface area contributed by atoms with Gasteiger partial charge in [0.25, 0.3) is 5.91 Å². The lowest BCUT2D eigenvalue weighted by atomic mass is 9.98. The SMILES string of the molecule is Cc1nc(C)c(C(=O)C2=C(O)C(=O)N(c3ccc(OC(F)(F)F)cc3)C2c2ccccn2)s1. The van der Waals surface area contributed by atoms with Gasteiger partial charge in [0, 0.05) is 11.9 Å². The van der Waals surface area contributed by atoms with E-state index >= 15 is 0 Å². The number of ether oxygens (including phenoxy) is 1. The van der Waals surface area contributed by atoms with Crippen LogP contribution in [-0.2, 0) is 4.79 Å². The number of pyridine rings is 1. The summed E-state index contributed by atoms with van der Waals surface area (Å²) < 4.78 is 41.4. The molecule has 4 rings (SSSR count). The van der Waals surface area contributed by atoms with Crippen LogP contribution in [-0.4, -0.2) is 33.1 Å². The van der Waals surface area contributed by atoms with Crippen LogP contribution in [0.4, 0.5) is 18.9 Å². The zero-order chi connectivity index (χ0) is 23.9. The average Bonchev–Trinajstić information content (AvgIpc) is 3.23. The van der Waals surface area contributed by atoms with E-state index in [9.17, 15) is 27.9 Å². The Labute approximate surface area is 189 Å². The number of alkyl halides is 3. The Morgan fingerprint density at radius 3 is 2.39 bits per heavy atom. The predicted molar refractivity (Wildman–Crippen MR) is 113 cm³/mol. The number of aliphatic hydroxyl groups excluding tert-OH is 1. The van der Waals surface area contributed by atoms with Crippen molar-refractivity contribution in [1.82, 2.24) is 9.97 Å². The minimum Gasteiger partial charge on any atom is -0.503 e. The third-order valence-corrected chi connectivity index (χ3v) is 5.95. The maximum atomic E-state index is 13.4. The second-order valence-corrected chi connectivity index (χ2v) is 8.32. The highest BCUT2D eigenvalue weighted by Crippen LogP contribution is 2.42. The van der Waals surface area contributed by atoms with Gasteiger partial charge in [0.05, 0.1) is 26.8 Å². The molecule has 1 aliphatic heterocycles. The van der Waals surface area contributed by atoms with Crippen LogP contribution in [0.3, 0.4) is 0 Å². The van der Waals surface area contributed by atoms with Gasteiger partial charge < -0.3 is 9.84 Å². The molecule has 3 aromatic rings. The Morgan fingerprint density at radius 2 is 1.85 bits per heavy atom. The summed E-state index contributed by atoms with van der Waals surface area (Å²) in [5, 5.41) is 11.4. The number of benzene rings is 1. The van der Waals surface area contributed by atoms with E-state index < -0.39 is 35.6 Å². The summed E-state index contributed by atoms with van der Waals surface area (Å²) in [5.41, 5.74) is 0.729. The zero-order valence-electron chi connectivity index (χ0n) is 17.3. The Kier molecular flexibility index (Phi) is 5.66. The maximum absolute atomic E-state index is 13.4. The van der Waals surface area contributed by atoms with E-state index in [1.165, 1.54) is 18.3 Å². The van der Waals surface area contributed by atoms with E-state index in [-0.39, 0.29) is 16.1 Å². The molecule has 0 aliphatic carbocycles. The van der Waals surface area contributed by atoms with Gasteiger partial charge in [0.15, 0.2) is 5.76 Å². The Balaban J connectivity index is 1.79. The lowest BCUT2D eigenvalue weighted by Gasteiger charge is -2.26. The summed E-state index contributed by atoms with van der Waals surface area (Å²) >= 11 is 1.13. The highest BCUT2D eigenvalue weighted by atomic mass is 32.1. The molecular formula is C22H16F3N3O4S. The van der Waals surface area contributed by atoms with E-state index in [0.717, 1.165) is 28.4 Å². The van der Waals surface area contributed by atoms with Crippen molar-refractivity contribution in [1.29, 1.82) is 0 Å². The van der Waals surface area contributed by atoms with Gasteiger partial charge in [-0.2, -0.15) is 0 Å². The third kappa shape index (κ3) is 4.31. The number of hydrogen-bond donors (Lipinski definition) is 1. The van der Waals surface area contributed by atoms with Gasteiger partial charge in [0.2, 0.25) is 5.78 Å². The highest BCUT2D eigenvalue weighted by Gasteiger charge is 2.46. The Hall–Kier alpha value is -3.73. The molecule has 0 bridgehead atoms. The zero-order valence-corrected chi connectivity index (χ0v) is 18.1. The topological polar surface area (TPSA) is 92.6 Å². The summed E-state index contributed by atoms with van der Waals surface area (Å²) in [6.45, 7) is 3.38. The molecule has 0 spiro atoms. The van der Waals surface area contributed by atoms with Crippen molar-refractivity contribution in [2.45, 2.75) is 26.3 Å². The summed E-state index contributed by atoms with van der Waals surface area (Å²) in [6.07, 6.45) is -3.40. The number of amides is 1. The van der Waals surface area contributed by atoms with Crippen LogP contribution in [0.15, 0.2) is 60.0 Å². The number of aliphatic hydroxyl groups is 1. The molecule has 0 fully saturated rings. The first kappa shape index (κ1) is 22.5. The van der Waals surface area contributed by atoms with Gasteiger partial charge in [-0.3, -0.25) is 19.5 Å². The first-order chi connectivity index (χ1) is 15.6. The first-order valence-corrected chi connectivity index (χ1v) is 10.4. The maximum Gasteiger partial charge on any atom is 0.573 e. The van der Waals surface area contributed by atoms with Crippen molar-refractivity contribution in [2.24, 2.45) is 0 Å². The molecule has 170 valence electrons. The Bertz CT molecular complexity index is 1250. The van der Waals surface area contributed by atoms with Crippen LogP contribution in [0.5, 0.6) is 5.75 Å². The number of aryl methyl sites for hydroxylation is 2. The number of nitrogens with zero attached hydrogens (tertiary/aromatic N) is 3. The van der Waals surface area contributed by atoms with Crippen molar-refractivity contribution >= 4 is 28.7 Å². The largest absolute Gasteiger partial charge is 0.573 e. The van der Waals surface area contributed by atoms with Crippen LogP contribution in [0.25, 0.3) is 0 Å². The van der Waals surface area contributed by atoms with Crippen molar-refractivity contribution in [3.05, 3.63) is 81.3 Å².